The molecule has 0 fully saturated rings. The Morgan fingerprint density at radius 3 is 2.61 bits per heavy atom. The number of hydrogen-bond acceptors (Lipinski definition) is 5. The van der Waals surface area contributed by atoms with E-state index in [1.165, 1.54) is 0 Å². The lowest BCUT2D eigenvalue weighted by atomic mass is 10.0. The molecule has 18 heavy (non-hydrogen) atoms. The predicted molar refractivity (Wildman–Crippen MR) is 75.0 cm³/mol. The Hall–Kier alpha value is -1.36. The lowest BCUT2D eigenvalue weighted by molar-refractivity contribution is 0.218. The highest BCUT2D eigenvalue weighted by atomic mass is 16.3. The fraction of sp³-hybridized carbons (Fsp3) is 0.692. The Bertz CT molecular complexity index is 377. The van der Waals surface area contributed by atoms with Crippen LogP contribution in [0.2, 0.25) is 0 Å². The van der Waals surface area contributed by atoms with Gasteiger partial charge in [0.1, 0.15) is 5.82 Å². The number of aryl methyl sites for hydroxylation is 1. The van der Waals surface area contributed by atoms with Crippen LogP contribution in [0.15, 0.2) is 6.07 Å². The van der Waals surface area contributed by atoms with Crippen molar-refractivity contribution in [1.82, 2.24) is 9.97 Å². The Morgan fingerprint density at radius 2 is 2.06 bits per heavy atom. The highest BCUT2D eigenvalue weighted by molar-refractivity contribution is 5.44. The van der Waals surface area contributed by atoms with Crippen LogP contribution in [0.25, 0.3) is 0 Å². The molecular formula is C13H24N4O. The smallest absolute Gasteiger partial charge is 0.224 e. The molecule has 5 heteroatoms. The average molecular weight is 252 g/mol. The number of rotatable bonds is 7. The molecule has 1 aromatic rings. The van der Waals surface area contributed by atoms with Gasteiger partial charge in [-0.3, -0.25) is 0 Å². The molecule has 0 bridgehead atoms. The summed E-state index contributed by atoms with van der Waals surface area (Å²) in [4.78, 5) is 8.74. The Balaban J connectivity index is 2.85. The molecule has 0 aromatic carbocycles. The van der Waals surface area contributed by atoms with Gasteiger partial charge >= 0.3 is 0 Å². The molecule has 0 saturated heterocycles. The number of aliphatic hydroxyl groups is 1. The van der Waals surface area contributed by atoms with Gasteiger partial charge in [0.15, 0.2) is 0 Å². The number of hydrogen-bond donors (Lipinski definition) is 3. The highest BCUT2D eigenvalue weighted by Gasteiger charge is 2.21. The average Bonchev–Trinajstić information content (AvgIpc) is 2.35. The minimum absolute atomic E-state index is 0.0737. The number of aliphatic hydroxyl groups excluding tert-OH is 1. The Kier molecular flexibility index (Phi) is 5.34. The molecule has 0 aliphatic carbocycles. The van der Waals surface area contributed by atoms with E-state index in [9.17, 15) is 5.11 Å². The highest BCUT2D eigenvalue weighted by Crippen LogP contribution is 2.18. The van der Waals surface area contributed by atoms with Crippen LogP contribution in [0.1, 0.15) is 39.3 Å². The Morgan fingerprint density at radius 1 is 1.33 bits per heavy atom. The lowest BCUT2D eigenvalue weighted by Gasteiger charge is -2.28. The van der Waals surface area contributed by atoms with Crippen LogP contribution in [0.4, 0.5) is 11.8 Å². The first-order valence-electron chi connectivity index (χ1n) is 6.51. The maximum Gasteiger partial charge on any atom is 0.224 e. The van der Waals surface area contributed by atoms with Crippen LogP contribution in [-0.4, -0.2) is 33.8 Å². The van der Waals surface area contributed by atoms with E-state index in [0.717, 1.165) is 30.9 Å². The third kappa shape index (κ3) is 4.14. The molecular weight excluding hydrogens is 228 g/mol. The molecule has 1 atom stereocenters. The van der Waals surface area contributed by atoms with Crippen molar-refractivity contribution in [3.8, 4) is 0 Å². The van der Waals surface area contributed by atoms with E-state index in [1.807, 2.05) is 26.8 Å². The van der Waals surface area contributed by atoms with Crippen molar-refractivity contribution in [2.45, 2.75) is 46.1 Å². The first-order valence-corrected chi connectivity index (χ1v) is 6.51. The first kappa shape index (κ1) is 14.7. The number of anilines is 2. The van der Waals surface area contributed by atoms with Gasteiger partial charge in [0.2, 0.25) is 5.95 Å². The number of aromatic nitrogens is 2. The molecule has 1 heterocycles. The van der Waals surface area contributed by atoms with Crippen LogP contribution in [0.5, 0.6) is 0 Å². The minimum atomic E-state index is -0.344. The maximum absolute atomic E-state index is 9.41. The summed E-state index contributed by atoms with van der Waals surface area (Å²) in [5.74, 6) is 1.38. The zero-order valence-corrected chi connectivity index (χ0v) is 11.7. The molecule has 0 aliphatic rings. The second-order valence-electron chi connectivity index (χ2n) is 4.84. The van der Waals surface area contributed by atoms with Crippen molar-refractivity contribution in [2.75, 3.05) is 23.8 Å². The van der Waals surface area contributed by atoms with Crippen molar-refractivity contribution in [1.29, 1.82) is 0 Å². The minimum Gasteiger partial charge on any atom is -0.394 e. The van der Waals surface area contributed by atoms with Crippen LogP contribution in [0.3, 0.4) is 0 Å². The lowest BCUT2D eigenvalue weighted by Crippen LogP contribution is -2.38. The van der Waals surface area contributed by atoms with E-state index >= 15 is 0 Å². The van der Waals surface area contributed by atoms with E-state index in [2.05, 4.69) is 27.5 Å². The van der Waals surface area contributed by atoms with Gasteiger partial charge in [0, 0.05) is 18.3 Å². The zero-order valence-electron chi connectivity index (χ0n) is 11.7. The zero-order chi connectivity index (χ0) is 13.6. The van der Waals surface area contributed by atoms with Crippen molar-refractivity contribution in [3.05, 3.63) is 11.8 Å². The summed E-state index contributed by atoms with van der Waals surface area (Å²) in [7, 11) is 0. The summed E-state index contributed by atoms with van der Waals surface area (Å²) in [5.41, 5.74) is 0.561. The van der Waals surface area contributed by atoms with Crippen molar-refractivity contribution < 1.29 is 5.11 Å². The quantitative estimate of drug-likeness (QED) is 0.694. The van der Waals surface area contributed by atoms with Gasteiger partial charge in [-0.25, -0.2) is 4.98 Å². The second kappa shape index (κ2) is 6.54. The fourth-order valence-corrected chi connectivity index (χ4v) is 1.50. The second-order valence-corrected chi connectivity index (χ2v) is 4.84. The molecule has 0 spiro atoms. The molecule has 0 amide bonds. The summed E-state index contributed by atoms with van der Waals surface area (Å²) >= 11 is 0. The first-order chi connectivity index (χ1) is 8.53. The van der Waals surface area contributed by atoms with Crippen LogP contribution in [-0.2, 0) is 0 Å². The molecule has 0 aliphatic heterocycles. The van der Waals surface area contributed by atoms with Crippen LogP contribution < -0.4 is 10.6 Å². The van der Waals surface area contributed by atoms with Crippen LogP contribution in [0, 0.1) is 6.92 Å². The summed E-state index contributed by atoms with van der Waals surface area (Å²) in [6.45, 7) is 8.98. The summed E-state index contributed by atoms with van der Waals surface area (Å²) in [6.07, 6.45) is 1.85. The van der Waals surface area contributed by atoms with Gasteiger partial charge in [-0.15, -0.1) is 0 Å². The SMILES string of the molecule is CCCNc1nc(C)cc(NC(C)(CC)CO)n1. The van der Waals surface area contributed by atoms with Gasteiger partial charge < -0.3 is 15.7 Å². The molecule has 3 N–H and O–H groups in total. The van der Waals surface area contributed by atoms with Crippen LogP contribution >= 0.6 is 0 Å². The maximum atomic E-state index is 9.41. The standard InChI is InChI=1S/C13H24N4O/c1-5-7-14-12-15-10(3)8-11(16-12)17-13(4,6-2)9-18/h8,18H,5-7,9H2,1-4H3,(H2,14,15,16,17). The largest absolute Gasteiger partial charge is 0.394 e. The van der Waals surface area contributed by atoms with Crippen molar-refractivity contribution in [2.24, 2.45) is 0 Å². The molecule has 0 saturated carbocycles. The van der Waals surface area contributed by atoms with Gasteiger partial charge in [-0.2, -0.15) is 4.98 Å². The monoisotopic (exact) mass is 252 g/mol. The summed E-state index contributed by atoms with van der Waals surface area (Å²) in [5, 5.41) is 15.8. The summed E-state index contributed by atoms with van der Waals surface area (Å²) in [6, 6.07) is 1.89. The van der Waals surface area contributed by atoms with Gasteiger partial charge in [-0.1, -0.05) is 13.8 Å². The summed E-state index contributed by atoms with van der Waals surface area (Å²) < 4.78 is 0. The topological polar surface area (TPSA) is 70.1 Å². The van der Waals surface area contributed by atoms with E-state index < -0.39 is 0 Å². The molecule has 1 rings (SSSR count). The molecule has 102 valence electrons. The fourth-order valence-electron chi connectivity index (χ4n) is 1.50. The van der Waals surface area contributed by atoms with E-state index in [0.29, 0.717) is 5.95 Å². The third-order valence-corrected chi connectivity index (χ3v) is 2.95. The van der Waals surface area contributed by atoms with Gasteiger partial charge in [0.05, 0.1) is 12.1 Å². The van der Waals surface area contributed by atoms with E-state index in [-0.39, 0.29) is 12.1 Å². The van der Waals surface area contributed by atoms with E-state index in [4.69, 9.17) is 0 Å². The normalized spacial score (nSPS) is 14.1. The van der Waals surface area contributed by atoms with Crippen molar-refractivity contribution in [3.63, 3.8) is 0 Å². The van der Waals surface area contributed by atoms with E-state index in [1.54, 1.807) is 0 Å². The third-order valence-electron chi connectivity index (χ3n) is 2.95. The molecule has 5 nitrogen and oxygen atoms in total. The predicted octanol–water partition coefficient (Wildman–Crippen LogP) is 2.18. The number of nitrogens with zero attached hydrogens (tertiary/aromatic N) is 2. The van der Waals surface area contributed by atoms with Gasteiger partial charge in [0.25, 0.3) is 0 Å². The Labute approximate surface area is 109 Å². The molecule has 0 radical (unpaired) electrons. The molecule has 1 aromatic heterocycles. The number of nitrogens with one attached hydrogen (secondary N) is 2. The van der Waals surface area contributed by atoms with Gasteiger partial charge in [-0.05, 0) is 26.7 Å². The molecule has 1 unspecified atom stereocenters. The van der Waals surface area contributed by atoms with Crippen molar-refractivity contribution >= 4 is 11.8 Å².